The summed E-state index contributed by atoms with van der Waals surface area (Å²) in [4.78, 5) is 37.3. The quantitative estimate of drug-likeness (QED) is 0.857. The molecule has 0 atom stereocenters. The fourth-order valence-corrected chi connectivity index (χ4v) is 2.91. The van der Waals surface area contributed by atoms with E-state index in [9.17, 15) is 14.4 Å². The highest BCUT2D eigenvalue weighted by Crippen LogP contribution is 2.35. The summed E-state index contributed by atoms with van der Waals surface area (Å²) < 4.78 is 0.608. The second-order valence-corrected chi connectivity index (χ2v) is 5.62. The Kier molecular flexibility index (Phi) is 3.77. The number of ketones is 1. The molecule has 3 rings (SSSR count). The fourth-order valence-electron chi connectivity index (χ4n) is 2.33. The minimum absolute atomic E-state index is 0.213. The number of hydrogen-bond donors (Lipinski definition) is 1. The van der Waals surface area contributed by atoms with Gasteiger partial charge in [0.1, 0.15) is 6.54 Å². The Morgan fingerprint density at radius 3 is 2.50 bits per heavy atom. The number of carbonyl (C=O) groups excluding carboxylic acids is 3. The molecule has 6 heteroatoms. The molecule has 1 aliphatic rings. The Bertz CT molecular complexity index is 774. The molecule has 22 heavy (non-hydrogen) atoms. The van der Waals surface area contributed by atoms with E-state index in [2.05, 4.69) is 21.2 Å². The van der Waals surface area contributed by atoms with Crippen molar-refractivity contribution in [3.63, 3.8) is 0 Å². The topological polar surface area (TPSA) is 66.5 Å². The first-order valence-electron chi connectivity index (χ1n) is 6.57. The smallest absolute Gasteiger partial charge is 0.299 e. The lowest BCUT2D eigenvalue weighted by Gasteiger charge is -2.17. The Hall–Kier alpha value is -2.47. The molecule has 0 aliphatic carbocycles. The van der Waals surface area contributed by atoms with Crippen LogP contribution in [-0.2, 0) is 9.59 Å². The number of nitrogens with zero attached hydrogens (tertiary/aromatic N) is 1. The van der Waals surface area contributed by atoms with Gasteiger partial charge in [0.25, 0.3) is 11.7 Å². The van der Waals surface area contributed by atoms with Crippen LogP contribution in [0.5, 0.6) is 0 Å². The maximum atomic E-state index is 12.1. The van der Waals surface area contributed by atoms with Crippen molar-refractivity contribution >= 4 is 44.9 Å². The predicted molar refractivity (Wildman–Crippen MR) is 85.9 cm³/mol. The van der Waals surface area contributed by atoms with Crippen LogP contribution in [0.1, 0.15) is 10.4 Å². The number of fused-ring (bicyclic) bond motifs is 1. The molecule has 0 fully saturated rings. The molecule has 0 spiro atoms. The van der Waals surface area contributed by atoms with Gasteiger partial charge in [0.2, 0.25) is 5.91 Å². The van der Waals surface area contributed by atoms with Gasteiger partial charge in [-0.25, -0.2) is 0 Å². The van der Waals surface area contributed by atoms with Gasteiger partial charge < -0.3 is 5.32 Å². The number of amides is 2. The number of nitrogens with one attached hydrogen (secondary N) is 1. The summed E-state index contributed by atoms with van der Waals surface area (Å²) in [5.41, 5.74) is 1.39. The summed E-state index contributed by atoms with van der Waals surface area (Å²) in [7, 11) is 0. The van der Waals surface area contributed by atoms with Crippen LogP contribution in [-0.4, -0.2) is 24.1 Å². The third-order valence-electron chi connectivity index (χ3n) is 3.30. The van der Waals surface area contributed by atoms with E-state index in [0.29, 0.717) is 21.4 Å². The summed E-state index contributed by atoms with van der Waals surface area (Å²) in [5.74, 6) is -1.65. The first kappa shape index (κ1) is 14.5. The van der Waals surface area contributed by atoms with Gasteiger partial charge in [-0.1, -0.05) is 24.3 Å². The molecule has 1 aliphatic heterocycles. The Morgan fingerprint density at radius 2 is 1.77 bits per heavy atom. The number of benzene rings is 2. The van der Waals surface area contributed by atoms with Crippen molar-refractivity contribution in [3.8, 4) is 0 Å². The van der Waals surface area contributed by atoms with Gasteiger partial charge in [0.15, 0.2) is 0 Å². The molecule has 2 amide bonds. The molecular weight excluding hydrogens is 348 g/mol. The van der Waals surface area contributed by atoms with Crippen molar-refractivity contribution in [2.75, 3.05) is 16.8 Å². The van der Waals surface area contributed by atoms with Crippen molar-refractivity contribution in [3.05, 3.63) is 58.6 Å². The number of Topliss-reactive ketones (excluding diaryl/α,β-unsaturated/α-hetero) is 1. The van der Waals surface area contributed by atoms with E-state index in [4.69, 9.17) is 0 Å². The molecule has 1 heterocycles. The zero-order valence-electron chi connectivity index (χ0n) is 11.4. The van der Waals surface area contributed by atoms with E-state index in [1.165, 1.54) is 4.90 Å². The second-order valence-electron chi connectivity index (χ2n) is 4.77. The van der Waals surface area contributed by atoms with Gasteiger partial charge in [-0.15, -0.1) is 0 Å². The molecule has 0 saturated heterocycles. The summed E-state index contributed by atoms with van der Waals surface area (Å²) in [6.45, 7) is -0.213. The van der Waals surface area contributed by atoms with Gasteiger partial charge >= 0.3 is 0 Å². The number of hydrogen-bond acceptors (Lipinski definition) is 3. The van der Waals surface area contributed by atoms with Crippen molar-refractivity contribution in [1.82, 2.24) is 0 Å². The van der Waals surface area contributed by atoms with E-state index in [0.717, 1.165) is 0 Å². The third-order valence-corrected chi connectivity index (χ3v) is 3.94. The molecule has 2 aromatic rings. The molecule has 0 radical (unpaired) electrons. The standard InChI is InChI=1S/C16H11BrN2O3/c17-12-8-4-7-11-14(12)19(16(22)15(11)21)9-13(20)18-10-5-2-1-3-6-10/h1-8H,9H2,(H,18,20). The van der Waals surface area contributed by atoms with Crippen molar-refractivity contribution in [2.24, 2.45) is 0 Å². The molecule has 1 N–H and O–H groups in total. The monoisotopic (exact) mass is 358 g/mol. The maximum absolute atomic E-state index is 12.1. The van der Waals surface area contributed by atoms with E-state index in [1.807, 2.05) is 6.07 Å². The normalized spacial score (nSPS) is 13.2. The van der Waals surface area contributed by atoms with E-state index in [-0.39, 0.29) is 12.5 Å². The van der Waals surface area contributed by atoms with Gasteiger partial charge in [-0.2, -0.15) is 0 Å². The zero-order valence-corrected chi connectivity index (χ0v) is 13.0. The SMILES string of the molecule is O=C(CN1C(=O)C(=O)c2cccc(Br)c21)Nc1ccccc1. The molecule has 0 saturated carbocycles. The molecular formula is C16H11BrN2O3. The average molecular weight is 359 g/mol. The highest BCUT2D eigenvalue weighted by atomic mass is 79.9. The van der Waals surface area contributed by atoms with E-state index in [1.54, 1.807) is 42.5 Å². The number of anilines is 2. The molecule has 0 bridgehead atoms. The Morgan fingerprint density at radius 1 is 1.05 bits per heavy atom. The second kappa shape index (κ2) is 5.73. The minimum Gasteiger partial charge on any atom is -0.325 e. The summed E-state index contributed by atoms with van der Waals surface area (Å²) >= 11 is 3.32. The predicted octanol–water partition coefficient (Wildman–Crippen LogP) is 2.62. The van der Waals surface area contributed by atoms with E-state index >= 15 is 0 Å². The van der Waals surface area contributed by atoms with Gasteiger partial charge in [-0.05, 0) is 40.2 Å². The first-order valence-corrected chi connectivity index (χ1v) is 7.37. The summed E-state index contributed by atoms with van der Waals surface area (Å²) in [5, 5.41) is 2.70. The van der Waals surface area contributed by atoms with Gasteiger partial charge in [0.05, 0.1) is 11.3 Å². The zero-order chi connectivity index (χ0) is 15.7. The fraction of sp³-hybridized carbons (Fsp3) is 0.0625. The minimum atomic E-state index is -0.690. The van der Waals surface area contributed by atoms with Crippen molar-refractivity contribution in [2.45, 2.75) is 0 Å². The van der Waals surface area contributed by atoms with Gasteiger partial charge in [0, 0.05) is 10.2 Å². The molecule has 110 valence electrons. The number of rotatable bonds is 3. The third kappa shape index (κ3) is 2.53. The van der Waals surface area contributed by atoms with Crippen molar-refractivity contribution < 1.29 is 14.4 Å². The summed E-state index contributed by atoms with van der Waals surface area (Å²) in [6, 6.07) is 13.9. The van der Waals surface area contributed by atoms with Crippen LogP contribution in [0, 0.1) is 0 Å². The van der Waals surface area contributed by atoms with Crippen LogP contribution >= 0.6 is 15.9 Å². The Balaban J connectivity index is 1.83. The van der Waals surface area contributed by atoms with Crippen molar-refractivity contribution in [1.29, 1.82) is 0 Å². The van der Waals surface area contributed by atoms with Crippen LogP contribution in [0.15, 0.2) is 53.0 Å². The number of halogens is 1. The van der Waals surface area contributed by atoms with Crippen LogP contribution in [0.25, 0.3) is 0 Å². The maximum Gasteiger partial charge on any atom is 0.299 e. The molecule has 5 nitrogen and oxygen atoms in total. The average Bonchev–Trinajstić information content (AvgIpc) is 2.75. The Labute approximate surface area is 135 Å². The van der Waals surface area contributed by atoms with E-state index < -0.39 is 11.7 Å². The molecule has 2 aromatic carbocycles. The first-order chi connectivity index (χ1) is 10.6. The lowest BCUT2D eigenvalue weighted by molar-refractivity contribution is -0.118. The largest absolute Gasteiger partial charge is 0.325 e. The van der Waals surface area contributed by atoms with Crippen LogP contribution in [0.4, 0.5) is 11.4 Å². The lowest BCUT2D eigenvalue weighted by atomic mass is 10.1. The molecule has 0 unspecified atom stereocenters. The molecule has 0 aromatic heterocycles. The lowest BCUT2D eigenvalue weighted by Crippen LogP contribution is -2.37. The highest BCUT2D eigenvalue weighted by Gasteiger charge is 2.38. The van der Waals surface area contributed by atoms with Crippen LogP contribution in [0.2, 0.25) is 0 Å². The highest BCUT2D eigenvalue weighted by molar-refractivity contribution is 9.10. The van der Waals surface area contributed by atoms with Gasteiger partial charge in [-0.3, -0.25) is 19.3 Å². The number of para-hydroxylation sites is 2. The summed E-state index contributed by atoms with van der Waals surface area (Å²) in [6.07, 6.45) is 0. The number of carbonyl (C=O) groups is 3. The van der Waals surface area contributed by atoms with Crippen LogP contribution < -0.4 is 10.2 Å². The van der Waals surface area contributed by atoms with Crippen LogP contribution in [0.3, 0.4) is 0 Å².